The third-order valence-electron chi connectivity index (χ3n) is 8.90. The van der Waals surface area contributed by atoms with Crippen LogP contribution in [-0.2, 0) is 28.8 Å². The Balaban J connectivity index is 6.74. The number of rotatable bonds is 29. The van der Waals surface area contributed by atoms with Crippen molar-refractivity contribution in [3.63, 3.8) is 0 Å². The predicted molar refractivity (Wildman–Crippen MR) is 174 cm³/mol. The molecule has 0 aromatic rings. The van der Waals surface area contributed by atoms with Gasteiger partial charge in [0.15, 0.2) is 28.9 Å². The van der Waals surface area contributed by atoms with Crippen LogP contribution >= 0.6 is 0 Å². The number of Topliss-reactive ketones (excluding diaryl/α,β-unsaturated/α-hetero) is 6. The molecule has 248 valence electrons. The van der Waals surface area contributed by atoms with Crippen LogP contribution in [0.25, 0.3) is 0 Å². The van der Waals surface area contributed by atoms with Gasteiger partial charge in [-0.3, -0.25) is 28.8 Å². The van der Waals surface area contributed by atoms with Gasteiger partial charge in [-0.25, -0.2) is 0 Å². The fraction of sp³-hybridized carbons (Fsp3) is 0.833. The average molecular weight is 606 g/mol. The Labute approximate surface area is 262 Å². The van der Waals surface area contributed by atoms with Crippen molar-refractivity contribution >= 4 is 34.7 Å². The van der Waals surface area contributed by atoms with Gasteiger partial charge in [0, 0.05) is 44.4 Å². The molecule has 0 saturated heterocycles. The number of unbranched alkanes of at least 4 members (excludes halogenated alkanes) is 6. The molecule has 0 spiro atoms. The molecule has 1 unspecified atom stereocenters. The highest BCUT2D eigenvalue weighted by Gasteiger charge is 2.52. The fourth-order valence-electron chi connectivity index (χ4n) is 5.91. The molecule has 0 fully saturated rings. The van der Waals surface area contributed by atoms with Crippen LogP contribution in [0.4, 0.5) is 0 Å². The topological polar surface area (TPSA) is 128 Å². The molecule has 7 nitrogen and oxygen atoms in total. The van der Waals surface area contributed by atoms with E-state index in [1.807, 2.05) is 41.5 Å². The predicted octanol–water partition coefficient (Wildman–Crippen LogP) is 8.01. The van der Waals surface area contributed by atoms with Crippen LogP contribution in [-0.4, -0.2) is 40.2 Å². The highest BCUT2D eigenvalue weighted by atomic mass is 16.2. The lowest BCUT2D eigenvalue weighted by Crippen LogP contribution is -2.62. The Morgan fingerprint density at radius 1 is 0.465 bits per heavy atom. The molecule has 0 saturated carbocycles. The summed E-state index contributed by atoms with van der Waals surface area (Å²) < 4.78 is 0. The zero-order chi connectivity index (χ0) is 32.9. The van der Waals surface area contributed by atoms with Crippen molar-refractivity contribution < 1.29 is 28.8 Å². The maximum atomic E-state index is 13.8. The Hall–Kier alpha value is -2.02. The minimum Gasteiger partial charge on any atom is -0.312 e. The van der Waals surface area contributed by atoms with Gasteiger partial charge in [-0.1, -0.05) is 86.5 Å². The van der Waals surface area contributed by atoms with Crippen molar-refractivity contribution in [1.82, 2.24) is 0 Å². The van der Waals surface area contributed by atoms with Crippen molar-refractivity contribution in [3.8, 4) is 0 Å². The lowest BCUT2D eigenvalue weighted by atomic mass is 9.66. The van der Waals surface area contributed by atoms with Crippen LogP contribution in [0.2, 0.25) is 0 Å². The van der Waals surface area contributed by atoms with E-state index in [0.717, 1.165) is 38.5 Å². The molecule has 2 N–H and O–H groups in total. The summed E-state index contributed by atoms with van der Waals surface area (Å²) in [7, 11) is 0. The van der Waals surface area contributed by atoms with Crippen LogP contribution < -0.4 is 5.73 Å². The molecular weight excluding hydrogens is 542 g/mol. The van der Waals surface area contributed by atoms with Gasteiger partial charge in [0.25, 0.3) is 0 Å². The summed E-state index contributed by atoms with van der Waals surface area (Å²) in [5.74, 6) is -3.08. The highest BCUT2D eigenvalue weighted by molar-refractivity contribution is 6.24. The normalized spacial score (nSPS) is 12.6. The molecule has 0 heterocycles. The number of hydrogen-bond donors (Lipinski definition) is 1. The van der Waals surface area contributed by atoms with E-state index in [4.69, 9.17) is 5.73 Å². The third kappa shape index (κ3) is 12.1. The van der Waals surface area contributed by atoms with Crippen molar-refractivity contribution in [2.75, 3.05) is 0 Å². The number of ketones is 6. The van der Waals surface area contributed by atoms with Crippen LogP contribution in [0.1, 0.15) is 176 Å². The summed E-state index contributed by atoms with van der Waals surface area (Å²) >= 11 is 0. The van der Waals surface area contributed by atoms with Gasteiger partial charge >= 0.3 is 0 Å². The van der Waals surface area contributed by atoms with Crippen molar-refractivity contribution in [3.05, 3.63) is 0 Å². The number of carbonyl (C=O) groups excluding carboxylic acids is 6. The first kappa shape index (κ1) is 41.0. The number of carbonyl (C=O) groups is 6. The molecule has 0 bridgehead atoms. The van der Waals surface area contributed by atoms with E-state index in [-0.39, 0.29) is 80.9 Å². The second-order valence-electron chi connectivity index (χ2n) is 12.4. The Kier molecular flexibility index (Phi) is 21.4. The van der Waals surface area contributed by atoms with Crippen LogP contribution in [0.15, 0.2) is 0 Å². The van der Waals surface area contributed by atoms with E-state index in [2.05, 4.69) is 0 Å². The molecular formula is C36H63NO6. The summed E-state index contributed by atoms with van der Waals surface area (Å²) in [6.45, 7) is 11.8. The second kappa shape index (κ2) is 22.5. The first-order valence-electron chi connectivity index (χ1n) is 17.5. The molecule has 1 atom stereocenters. The van der Waals surface area contributed by atoms with E-state index in [9.17, 15) is 28.8 Å². The molecule has 0 aliphatic heterocycles. The van der Waals surface area contributed by atoms with Gasteiger partial charge in [0.1, 0.15) is 16.7 Å². The van der Waals surface area contributed by atoms with Crippen LogP contribution in [0.5, 0.6) is 0 Å². The molecule has 0 aromatic heterocycles. The Bertz CT molecular complexity index is 822. The number of nitrogens with two attached hydrogens (primary N) is 1. The minimum atomic E-state index is -1.94. The standard InChI is InChI=1S/C36H63NO6/c1-7-13-21-29(38)28(36(37,33(42)25-17-11-5)34(43)26-18-12-6)20-19-27-35(30(39)22-14-8-2,31(40)23-15-9-3)32(41)24-16-10-4/h28H,7-27,37H2,1-6H3. The van der Waals surface area contributed by atoms with E-state index in [0.29, 0.717) is 38.5 Å². The van der Waals surface area contributed by atoms with Gasteiger partial charge in [0.2, 0.25) is 0 Å². The molecule has 0 radical (unpaired) electrons. The number of hydrogen-bond acceptors (Lipinski definition) is 7. The lowest BCUT2D eigenvalue weighted by molar-refractivity contribution is -0.151. The quantitative estimate of drug-likeness (QED) is 0.0855. The minimum absolute atomic E-state index is 0.0133. The van der Waals surface area contributed by atoms with Crippen molar-refractivity contribution in [1.29, 1.82) is 0 Å². The fourth-order valence-corrected chi connectivity index (χ4v) is 5.91. The third-order valence-corrected chi connectivity index (χ3v) is 8.90. The second-order valence-corrected chi connectivity index (χ2v) is 12.4. The zero-order valence-corrected chi connectivity index (χ0v) is 28.5. The molecule has 0 aliphatic rings. The Morgan fingerprint density at radius 3 is 1.09 bits per heavy atom. The lowest BCUT2D eigenvalue weighted by Gasteiger charge is -2.36. The van der Waals surface area contributed by atoms with Gasteiger partial charge in [-0.05, 0) is 51.4 Å². The smallest absolute Gasteiger partial charge is 0.160 e. The zero-order valence-electron chi connectivity index (χ0n) is 28.5. The molecule has 0 amide bonds. The molecule has 0 rings (SSSR count). The largest absolute Gasteiger partial charge is 0.312 e. The summed E-state index contributed by atoms with van der Waals surface area (Å²) in [4.78, 5) is 82.3. The first-order chi connectivity index (χ1) is 20.5. The van der Waals surface area contributed by atoms with Crippen LogP contribution in [0, 0.1) is 11.3 Å². The van der Waals surface area contributed by atoms with Gasteiger partial charge in [-0.15, -0.1) is 0 Å². The monoisotopic (exact) mass is 605 g/mol. The SMILES string of the molecule is CCCCC(=O)C(CCCC(C(=O)CCCC)(C(=O)CCCC)C(=O)CCCC)C(N)(C(=O)CCCC)C(=O)CCCC. The summed E-state index contributed by atoms with van der Waals surface area (Å²) in [5.41, 5.74) is 3.10. The van der Waals surface area contributed by atoms with Gasteiger partial charge < -0.3 is 5.73 Å². The summed E-state index contributed by atoms with van der Waals surface area (Å²) in [6.07, 6.45) is 9.22. The summed E-state index contributed by atoms with van der Waals surface area (Å²) in [6, 6.07) is 0. The average Bonchev–Trinajstić information content (AvgIpc) is 3.00. The molecule has 0 aliphatic carbocycles. The first-order valence-corrected chi connectivity index (χ1v) is 17.5. The van der Waals surface area contributed by atoms with E-state index >= 15 is 0 Å². The molecule has 43 heavy (non-hydrogen) atoms. The summed E-state index contributed by atoms with van der Waals surface area (Å²) in [5, 5.41) is 0. The molecule has 0 aromatic carbocycles. The Morgan fingerprint density at radius 2 is 0.767 bits per heavy atom. The van der Waals surface area contributed by atoms with Crippen LogP contribution in [0.3, 0.4) is 0 Å². The maximum Gasteiger partial charge on any atom is 0.160 e. The van der Waals surface area contributed by atoms with Crippen molar-refractivity contribution in [2.45, 2.75) is 182 Å². The van der Waals surface area contributed by atoms with E-state index < -0.39 is 28.4 Å². The van der Waals surface area contributed by atoms with Crippen molar-refractivity contribution in [2.24, 2.45) is 17.1 Å². The molecule has 7 heteroatoms. The highest BCUT2D eigenvalue weighted by Crippen LogP contribution is 2.37. The van der Waals surface area contributed by atoms with Gasteiger partial charge in [0.05, 0.1) is 0 Å². The van der Waals surface area contributed by atoms with E-state index in [1.165, 1.54) is 0 Å². The van der Waals surface area contributed by atoms with E-state index in [1.54, 1.807) is 0 Å². The maximum absolute atomic E-state index is 13.8. The van der Waals surface area contributed by atoms with Gasteiger partial charge in [-0.2, -0.15) is 0 Å².